The van der Waals surface area contributed by atoms with Crippen molar-refractivity contribution in [2.24, 2.45) is 5.92 Å². The average Bonchev–Trinajstić information content (AvgIpc) is 3.46. The van der Waals surface area contributed by atoms with Crippen LogP contribution in [-0.4, -0.2) is 39.8 Å². The van der Waals surface area contributed by atoms with Crippen LogP contribution in [0.4, 0.5) is 9.93 Å². The van der Waals surface area contributed by atoms with Gasteiger partial charge in [0.2, 0.25) is 5.91 Å². The number of hydrogen-bond acceptors (Lipinski definition) is 5. The third kappa shape index (κ3) is 4.16. The molecule has 1 atom stereocenters. The molecule has 7 nitrogen and oxygen atoms in total. The third-order valence-electron chi connectivity index (χ3n) is 6.39. The number of benzene rings is 1. The Morgan fingerprint density at radius 1 is 1.25 bits per heavy atom. The lowest BCUT2D eigenvalue weighted by molar-refractivity contribution is -0.134. The topological polar surface area (TPSA) is 91.4 Å². The molecular formula is C24H30N4O3S. The molecule has 0 bridgehead atoms. The lowest BCUT2D eigenvalue weighted by Gasteiger charge is -2.20. The molecule has 2 fully saturated rings. The summed E-state index contributed by atoms with van der Waals surface area (Å²) in [7, 11) is 0. The van der Waals surface area contributed by atoms with Gasteiger partial charge < -0.3 is 10.6 Å². The van der Waals surface area contributed by atoms with E-state index in [0.29, 0.717) is 17.0 Å². The van der Waals surface area contributed by atoms with Gasteiger partial charge in [-0.05, 0) is 48.6 Å². The van der Waals surface area contributed by atoms with Crippen molar-refractivity contribution in [3.63, 3.8) is 0 Å². The summed E-state index contributed by atoms with van der Waals surface area (Å²) in [5, 5.41) is 7.87. The quantitative estimate of drug-likeness (QED) is 0.593. The molecule has 4 amide bonds. The van der Waals surface area contributed by atoms with Gasteiger partial charge in [0, 0.05) is 10.9 Å². The van der Waals surface area contributed by atoms with E-state index in [9.17, 15) is 14.4 Å². The molecule has 8 heteroatoms. The molecule has 4 rings (SSSR count). The minimum Gasteiger partial charge on any atom is -0.323 e. The lowest BCUT2D eigenvalue weighted by Crippen LogP contribution is -2.46. The number of aromatic nitrogens is 1. The molecule has 0 radical (unpaired) electrons. The lowest BCUT2D eigenvalue weighted by atomic mass is 9.90. The molecule has 2 aliphatic rings. The molecule has 1 unspecified atom stereocenters. The van der Waals surface area contributed by atoms with Gasteiger partial charge in [-0.3, -0.25) is 14.5 Å². The van der Waals surface area contributed by atoms with Crippen LogP contribution < -0.4 is 10.6 Å². The minimum absolute atomic E-state index is 0.158. The fraction of sp³-hybridized carbons (Fsp3) is 0.500. The second-order valence-electron chi connectivity index (χ2n) is 9.54. The van der Waals surface area contributed by atoms with Crippen LogP contribution in [0.2, 0.25) is 0 Å². The van der Waals surface area contributed by atoms with Crippen molar-refractivity contribution < 1.29 is 14.4 Å². The summed E-state index contributed by atoms with van der Waals surface area (Å²) in [6.07, 6.45) is 1.84. The molecule has 2 aromatic rings. The highest BCUT2D eigenvalue weighted by molar-refractivity contribution is 7.14. The monoisotopic (exact) mass is 454 g/mol. The Labute approximate surface area is 192 Å². The van der Waals surface area contributed by atoms with Gasteiger partial charge in [-0.15, -0.1) is 11.3 Å². The van der Waals surface area contributed by atoms with Gasteiger partial charge in [0.15, 0.2) is 5.13 Å². The van der Waals surface area contributed by atoms with E-state index in [1.54, 1.807) is 6.92 Å². The number of amides is 4. The van der Waals surface area contributed by atoms with E-state index in [2.05, 4.69) is 61.5 Å². The molecule has 1 aliphatic heterocycles. The Kier molecular flexibility index (Phi) is 5.83. The SMILES string of the molecule is CC(C)c1ccc(-c2csc(NC(=O)CN3C(=O)NC(C)(C4CC4)C3=O)n2)c(C(C)C)c1. The largest absolute Gasteiger partial charge is 0.325 e. The highest BCUT2D eigenvalue weighted by Gasteiger charge is 2.56. The molecular weight excluding hydrogens is 424 g/mol. The molecule has 1 saturated carbocycles. The zero-order valence-electron chi connectivity index (χ0n) is 19.2. The van der Waals surface area contributed by atoms with E-state index in [-0.39, 0.29) is 18.4 Å². The van der Waals surface area contributed by atoms with Crippen molar-refractivity contribution in [1.82, 2.24) is 15.2 Å². The zero-order valence-corrected chi connectivity index (χ0v) is 20.0. The second-order valence-corrected chi connectivity index (χ2v) is 10.4. The standard InChI is InChI=1S/C24H30N4O3S/c1-13(2)15-6-9-17(18(10-15)14(3)4)19-12-32-22(25-19)26-20(29)11-28-21(30)24(5,16-7-8-16)27-23(28)31/h6,9-10,12-14,16H,7-8,11H2,1-5H3,(H,27,31)(H,25,26,29). The number of nitrogens with one attached hydrogen (secondary N) is 2. The summed E-state index contributed by atoms with van der Waals surface area (Å²) in [5.41, 5.74) is 3.48. The summed E-state index contributed by atoms with van der Waals surface area (Å²) in [4.78, 5) is 43.2. The van der Waals surface area contributed by atoms with Crippen LogP contribution in [0.15, 0.2) is 23.6 Å². The molecule has 1 aromatic carbocycles. The Morgan fingerprint density at radius 3 is 2.59 bits per heavy atom. The average molecular weight is 455 g/mol. The molecule has 1 saturated heterocycles. The van der Waals surface area contributed by atoms with Gasteiger partial charge >= 0.3 is 6.03 Å². The molecule has 0 spiro atoms. The molecule has 170 valence electrons. The number of thiazole rings is 1. The van der Waals surface area contributed by atoms with Gasteiger partial charge in [-0.1, -0.05) is 45.9 Å². The van der Waals surface area contributed by atoms with Crippen molar-refractivity contribution in [3.8, 4) is 11.3 Å². The van der Waals surface area contributed by atoms with E-state index in [0.717, 1.165) is 29.0 Å². The number of nitrogens with zero attached hydrogens (tertiary/aromatic N) is 2. The number of rotatable bonds is 7. The fourth-order valence-corrected chi connectivity index (χ4v) is 4.93. The van der Waals surface area contributed by atoms with Crippen molar-refractivity contribution in [2.75, 3.05) is 11.9 Å². The number of carbonyl (C=O) groups excluding carboxylic acids is 3. The first-order valence-electron chi connectivity index (χ1n) is 11.1. The Balaban J connectivity index is 1.46. The van der Waals surface area contributed by atoms with Crippen LogP contribution in [0.1, 0.15) is 70.4 Å². The van der Waals surface area contributed by atoms with Crippen LogP contribution >= 0.6 is 11.3 Å². The first kappa shape index (κ1) is 22.5. The Hall–Kier alpha value is -2.74. The van der Waals surface area contributed by atoms with Crippen LogP contribution in [-0.2, 0) is 9.59 Å². The van der Waals surface area contributed by atoms with Crippen molar-refractivity contribution in [3.05, 3.63) is 34.7 Å². The molecule has 2 N–H and O–H groups in total. The maximum Gasteiger partial charge on any atom is 0.325 e. The highest BCUT2D eigenvalue weighted by atomic mass is 32.1. The van der Waals surface area contributed by atoms with Crippen molar-refractivity contribution >= 4 is 34.3 Å². The van der Waals surface area contributed by atoms with E-state index >= 15 is 0 Å². The molecule has 1 aromatic heterocycles. The number of urea groups is 1. The maximum absolute atomic E-state index is 12.7. The summed E-state index contributed by atoms with van der Waals surface area (Å²) in [6, 6.07) is 5.94. The zero-order chi connectivity index (χ0) is 23.2. The van der Waals surface area contributed by atoms with Gasteiger partial charge in [0.1, 0.15) is 12.1 Å². The highest BCUT2D eigenvalue weighted by Crippen LogP contribution is 2.42. The second kappa shape index (κ2) is 8.31. The number of hydrogen-bond donors (Lipinski definition) is 2. The van der Waals surface area contributed by atoms with Gasteiger partial charge in [0.25, 0.3) is 5.91 Å². The van der Waals surface area contributed by atoms with Gasteiger partial charge in [-0.2, -0.15) is 0 Å². The Morgan fingerprint density at radius 2 is 1.97 bits per heavy atom. The van der Waals surface area contributed by atoms with Crippen molar-refractivity contribution in [1.29, 1.82) is 0 Å². The number of anilines is 1. The van der Waals surface area contributed by atoms with Crippen molar-refractivity contribution in [2.45, 2.75) is 64.8 Å². The van der Waals surface area contributed by atoms with Gasteiger partial charge in [0.05, 0.1) is 5.69 Å². The maximum atomic E-state index is 12.7. The molecule has 1 aliphatic carbocycles. The third-order valence-corrected chi connectivity index (χ3v) is 7.15. The van der Waals surface area contributed by atoms with E-state index in [4.69, 9.17) is 0 Å². The van der Waals surface area contributed by atoms with Crippen LogP contribution in [0.25, 0.3) is 11.3 Å². The predicted octanol–water partition coefficient (Wildman–Crippen LogP) is 4.72. The fourth-order valence-electron chi connectivity index (χ4n) is 4.21. The van der Waals surface area contributed by atoms with E-state index < -0.39 is 17.5 Å². The summed E-state index contributed by atoms with van der Waals surface area (Å²) < 4.78 is 0. The van der Waals surface area contributed by atoms with Gasteiger partial charge in [-0.25, -0.2) is 9.78 Å². The first-order chi connectivity index (χ1) is 15.1. The van der Waals surface area contributed by atoms with E-state index in [1.807, 2.05) is 5.38 Å². The summed E-state index contributed by atoms with van der Waals surface area (Å²) >= 11 is 1.33. The normalized spacial score (nSPS) is 20.9. The predicted molar refractivity (Wildman–Crippen MR) is 126 cm³/mol. The van der Waals surface area contributed by atoms with Crippen LogP contribution in [0.3, 0.4) is 0 Å². The van der Waals surface area contributed by atoms with E-state index in [1.165, 1.54) is 22.5 Å². The number of carbonyl (C=O) groups is 3. The molecule has 32 heavy (non-hydrogen) atoms. The first-order valence-corrected chi connectivity index (χ1v) is 12.0. The van der Waals surface area contributed by atoms with Crippen LogP contribution in [0, 0.1) is 5.92 Å². The smallest absolute Gasteiger partial charge is 0.323 e. The van der Waals surface area contributed by atoms with Crippen LogP contribution in [0.5, 0.6) is 0 Å². The molecule has 2 heterocycles. The summed E-state index contributed by atoms with van der Waals surface area (Å²) in [6.45, 7) is 10.1. The number of imide groups is 1. The summed E-state index contributed by atoms with van der Waals surface area (Å²) in [5.74, 6) is 0.175. The minimum atomic E-state index is -0.888. The Bertz CT molecular complexity index is 1070.